The second kappa shape index (κ2) is 8.85. The van der Waals surface area contributed by atoms with E-state index in [0.717, 1.165) is 12.0 Å². The van der Waals surface area contributed by atoms with Crippen LogP contribution >= 0.6 is 0 Å². The van der Waals surface area contributed by atoms with Crippen LogP contribution in [0.3, 0.4) is 0 Å². The number of rotatable bonds is 7. The number of nitrogens with zero attached hydrogens (tertiary/aromatic N) is 2. The van der Waals surface area contributed by atoms with Crippen LogP contribution in [0.25, 0.3) is 0 Å². The minimum absolute atomic E-state index is 0.120. The summed E-state index contributed by atoms with van der Waals surface area (Å²) in [6, 6.07) is 9.42. The molecule has 1 heterocycles. The Labute approximate surface area is 149 Å². The third kappa shape index (κ3) is 4.72. The summed E-state index contributed by atoms with van der Waals surface area (Å²) in [6.45, 7) is 3.30. The summed E-state index contributed by atoms with van der Waals surface area (Å²) in [6.07, 6.45) is 2.65. The van der Waals surface area contributed by atoms with Gasteiger partial charge in [-0.3, -0.25) is 4.79 Å². The molecule has 6 nitrogen and oxygen atoms in total. The highest BCUT2D eigenvalue weighted by atomic mass is 16.4. The number of carboxylic acids is 1. The lowest BCUT2D eigenvalue weighted by atomic mass is 9.76. The van der Waals surface area contributed by atoms with Crippen LogP contribution in [0.15, 0.2) is 30.3 Å². The number of amides is 2. The number of aliphatic hydroxyl groups is 1. The molecule has 1 aliphatic rings. The molecular formula is C19H28N2O4. The number of aliphatic carboxylic acids is 1. The molecule has 138 valence electrons. The first kappa shape index (κ1) is 19.2. The Hall–Kier alpha value is -2.08. The predicted octanol–water partition coefficient (Wildman–Crippen LogP) is 2.57. The second-order valence-corrected chi connectivity index (χ2v) is 6.77. The number of carboxylic acid groups (broad SMARTS) is 1. The molecule has 0 spiro atoms. The number of likely N-dealkylation sites (tertiary alicyclic amines) is 1. The maximum atomic E-state index is 13.0. The number of piperidine rings is 1. The van der Waals surface area contributed by atoms with Crippen LogP contribution in [0.1, 0.15) is 38.2 Å². The first-order valence-electron chi connectivity index (χ1n) is 8.94. The van der Waals surface area contributed by atoms with Gasteiger partial charge in [0, 0.05) is 26.2 Å². The SMILES string of the molecule is CCCC1(C(=O)O)CCCN(C(=O)N(CCO)Cc2ccccc2)C1. The fourth-order valence-corrected chi connectivity index (χ4v) is 3.63. The molecule has 1 aliphatic heterocycles. The molecule has 0 radical (unpaired) electrons. The van der Waals surface area contributed by atoms with Gasteiger partial charge in [0.05, 0.1) is 12.0 Å². The average Bonchev–Trinajstić information content (AvgIpc) is 2.62. The lowest BCUT2D eigenvalue weighted by molar-refractivity contribution is -0.152. The fourth-order valence-electron chi connectivity index (χ4n) is 3.63. The number of carbonyl (C=O) groups excluding carboxylic acids is 1. The van der Waals surface area contributed by atoms with Crippen LogP contribution in [-0.2, 0) is 11.3 Å². The van der Waals surface area contributed by atoms with E-state index in [0.29, 0.717) is 32.4 Å². The van der Waals surface area contributed by atoms with Gasteiger partial charge >= 0.3 is 12.0 Å². The topological polar surface area (TPSA) is 81.1 Å². The Morgan fingerprint density at radius 2 is 2.00 bits per heavy atom. The van der Waals surface area contributed by atoms with Crippen molar-refractivity contribution in [3.05, 3.63) is 35.9 Å². The summed E-state index contributed by atoms with van der Waals surface area (Å²) in [5.74, 6) is -0.816. The van der Waals surface area contributed by atoms with Crippen molar-refractivity contribution in [2.24, 2.45) is 5.41 Å². The summed E-state index contributed by atoms with van der Waals surface area (Å²) < 4.78 is 0. The maximum Gasteiger partial charge on any atom is 0.320 e. The molecule has 0 bridgehead atoms. The van der Waals surface area contributed by atoms with Crippen molar-refractivity contribution in [2.45, 2.75) is 39.2 Å². The molecule has 6 heteroatoms. The monoisotopic (exact) mass is 348 g/mol. The Kier molecular flexibility index (Phi) is 6.82. The van der Waals surface area contributed by atoms with Gasteiger partial charge in [0.15, 0.2) is 0 Å². The number of benzene rings is 1. The normalized spacial score (nSPS) is 20.3. The van der Waals surface area contributed by atoms with Gasteiger partial charge in [0.2, 0.25) is 0 Å². The summed E-state index contributed by atoms with van der Waals surface area (Å²) in [7, 11) is 0. The molecule has 1 aromatic carbocycles. The lowest BCUT2D eigenvalue weighted by Crippen LogP contribution is -2.53. The van der Waals surface area contributed by atoms with E-state index in [-0.39, 0.29) is 25.7 Å². The molecule has 1 aromatic rings. The number of aliphatic hydroxyl groups excluding tert-OH is 1. The largest absolute Gasteiger partial charge is 0.481 e. The van der Waals surface area contributed by atoms with Gasteiger partial charge < -0.3 is 20.0 Å². The van der Waals surface area contributed by atoms with Gasteiger partial charge in [0.1, 0.15) is 0 Å². The molecule has 2 N–H and O–H groups in total. The molecule has 0 aromatic heterocycles. The molecule has 2 amide bonds. The van der Waals surface area contributed by atoms with E-state index in [1.165, 1.54) is 0 Å². The van der Waals surface area contributed by atoms with Gasteiger partial charge in [0.25, 0.3) is 0 Å². The van der Waals surface area contributed by atoms with Crippen molar-refractivity contribution in [3.8, 4) is 0 Å². The van der Waals surface area contributed by atoms with E-state index in [9.17, 15) is 19.8 Å². The Balaban J connectivity index is 2.13. The van der Waals surface area contributed by atoms with E-state index in [2.05, 4.69) is 0 Å². The van der Waals surface area contributed by atoms with Crippen LogP contribution < -0.4 is 0 Å². The van der Waals surface area contributed by atoms with E-state index in [4.69, 9.17) is 0 Å². The predicted molar refractivity (Wildman–Crippen MR) is 95.1 cm³/mol. The van der Waals surface area contributed by atoms with Crippen molar-refractivity contribution in [1.82, 2.24) is 9.80 Å². The Morgan fingerprint density at radius 1 is 1.28 bits per heavy atom. The average molecular weight is 348 g/mol. The molecule has 0 saturated carbocycles. The smallest absolute Gasteiger partial charge is 0.320 e. The van der Waals surface area contributed by atoms with Crippen LogP contribution in [0.4, 0.5) is 4.79 Å². The van der Waals surface area contributed by atoms with Gasteiger partial charge in [-0.15, -0.1) is 0 Å². The summed E-state index contributed by atoms with van der Waals surface area (Å²) in [5.41, 5.74) is 0.139. The zero-order valence-electron chi connectivity index (χ0n) is 14.9. The first-order valence-corrected chi connectivity index (χ1v) is 8.94. The first-order chi connectivity index (χ1) is 12.0. The molecule has 1 fully saturated rings. The van der Waals surface area contributed by atoms with E-state index >= 15 is 0 Å². The van der Waals surface area contributed by atoms with Crippen molar-refractivity contribution < 1.29 is 19.8 Å². The number of hydrogen-bond acceptors (Lipinski definition) is 3. The highest BCUT2D eigenvalue weighted by Crippen LogP contribution is 2.35. The van der Waals surface area contributed by atoms with Crippen LogP contribution in [0.5, 0.6) is 0 Å². The third-order valence-corrected chi connectivity index (χ3v) is 4.89. The van der Waals surface area contributed by atoms with Crippen LogP contribution in [-0.4, -0.2) is 58.3 Å². The zero-order valence-corrected chi connectivity index (χ0v) is 14.9. The summed E-state index contributed by atoms with van der Waals surface area (Å²) >= 11 is 0. The fraction of sp³-hybridized carbons (Fsp3) is 0.579. The van der Waals surface area contributed by atoms with Crippen LogP contribution in [0, 0.1) is 5.41 Å². The second-order valence-electron chi connectivity index (χ2n) is 6.77. The Bertz CT molecular complexity index is 574. The highest BCUT2D eigenvalue weighted by molar-refractivity contribution is 5.79. The molecule has 1 atom stereocenters. The molecule has 1 saturated heterocycles. The zero-order chi connectivity index (χ0) is 18.3. The minimum atomic E-state index is -0.847. The van der Waals surface area contributed by atoms with E-state index in [1.807, 2.05) is 37.3 Å². The standard InChI is InChI=1S/C19H28N2O4/c1-2-9-19(17(23)24)10-6-11-21(15-19)18(25)20(12-13-22)14-16-7-4-3-5-8-16/h3-5,7-8,22H,2,6,9-15H2,1H3,(H,23,24). The van der Waals surface area contributed by atoms with Crippen molar-refractivity contribution in [1.29, 1.82) is 0 Å². The molecule has 1 unspecified atom stereocenters. The lowest BCUT2D eigenvalue weighted by Gasteiger charge is -2.41. The number of hydrogen-bond donors (Lipinski definition) is 2. The molecule has 0 aliphatic carbocycles. The molecule has 25 heavy (non-hydrogen) atoms. The molecular weight excluding hydrogens is 320 g/mol. The van der Waals surface area contributed by atoms with Gasteiger partial charge in [-0.2, -0.15) is 0 Å². The van der Waals surface area contributed by atoms with Gasteiger partial charge in [-0.25, -0.2) is 4.79 Å². The van der Waals surface area contributed by atoms with Gasteiger partial charge in [-0.1, -0.05) is 43.7 Å². The van der Waals surface area contributed by atoms with Crippen molar-refractivity contribution in [2.75, 3.05) is 26.2 Å². The quantitative estimate of drug-likeness (QED) is 0.793. The number of carbonyl (C=O) groups is 2. The Morgan fingerprint density at radius 3 is 2.60 bits per heavy atom. The molecule has 2 rings (SSSR count). The van der Waals surface area contributed by atoms with Crippen LogP contribution in [0.2, 0.25) is 0 Å². The van der Waals surface area contributed by atoms with Gasteiger partial charge in [-0.05, 0) is 24.8 Å². The van der Waals surface area contributed by atoms with E-state index in [1.54, 1.807) is 9.80 Å². The maximum absolute atomic E-state index is 13.0. The van der Waals surface area contributed by atoms with Crippen molar-refractivity contribution in [3.63, 3.8) is 0 Å². The summed E-state index contributed by atoms with van der Waals surface area (Å²) in [5, 5.41) is 19.0. The minimum Gasteiger partial charge on any atom is -0.481 e. The number of urea groups is 1. The third-order valence-electron chi connectivity index (χ3n) is 4.89. The van der Waals surface area contributed by atoms with Crippen molar-refractivity contribution >= 4 is 12.0 Å². The highest BCUT2D eigenvalue weighted by Gasteiger charge is 2.43. The van der Waals surface area contributed by atoms with E-state index < -0.39 is 11.4 Å². The summed E-state index contributed by atoms with van der Waals surface area (Å²) in [4.78, 5) is 28.0.